The fraction of sp³-hybridized carbons (Fsp3) is 0.250. The molecule has 1 aliphatic rings. The van der Waals surface area contributed by atoms with Gasteiger partial charge in [0, 0.05) is 24.9 Å². The molecule has 0 saturated carbocycles. The summed E-state index contributed by atoms with van der Waals surface area (Å²) in [5, 5.41) is 10.8. The zero-order valence-corrected chi connectivity index (χ0v) is 11.1. The van der Waals surface area contributed by atoms with Gasteiger partial charge in [0.1, 0.15) is 0 Å². The van der Waals surface area contributed by atoms with Crippen LogP contribution in [0.2, 0.25) is 0 Å². The number of carbonyl (C=O) groups is 1. The molecule has 2 rings (SSSR count). The van der Waals surface area contributed by atoms with Crippen molar-refractivity contribution >= 4 is 33.2 Å². The fourth-order valence-electron chi connectivity index (χ4n) is 1.95. The number of nitro benzene ring substituents is 1. The van der Waals surface area contributed by atoms with Gasteiger partial charge < -0.3 is 4.90 Å². The lowest BCUT2D eigenvalue weighted by molar-refractivity contribution is -0.385. The lowest BCUT2D eigenvalue weighted by Crippen LogP contribution is -2.24. The van der Waals surface area contributed by atoms with Crippen LogP contribution in [0.25, 0.3) is 0 Å². The SMILES string of the molecule is C=CC1CC(=O)N(c2ccc(Br)c([N+](=O)[O-])c2)C1. The summed E-state index contributed by atoms with van der Waals surface area (Å²) in [6.07, 6.45) is 2.15. The van der Waals surface area contributed by atoms with Crippen molar-refractivity contribution in [3.8, 4) is 0 Å². The number of rotatable bonds is 3. The number of nitro groups is 1. The van der Waals surface area contributed by atoms with Gasteiger partial charge in [0.2, 0.25) is 5.91 Å². The first-order chi connectivity index (χ1) is 8.52. The second kappa shape index (κ2) is 4.89. The summed E-state index contributed by atoms with van der Waals surface area (Å²) in [5.41, 5.74) is 0.515. The second-order valence-corrected chi connectivity index (χ2v) is 4.95. The van der Waals surface area contributed by atoms with Gasteiger partial charge in [0.15, 0.2) is 0 Å². The van der Waals surface area contributed by atoms with E-state index in [9.17, 15) is 14.9 Å². The third kappa shape index (κ3) is 2.28. The van der Waals surface area contributed by atoms with Gasteiger partial charge in [-0.05, 0) is 28.1 Å². The van der Waals surface area contributed by atoms with Crippen LogP contribution in [0.1, 0.15) is 6.42 Å². The normalized spacial score (nSPS) is 19.1. The molecule has 1 heterocycles. The maximum Gasteiger partial charge on any atom is 0.285 e. The monoisotopic (exact) mass is 310 g/mol. The topological polar surface area (TPSA) is 63.5 Å². The van der Waals surface area contributed by atoms with Crippen LogP contribution in [0, 0.1) is 16.0 Å². The Morgan fingerprint density at radius 1 is 1.56 bits per heavy atom. The molecule has 0 aliphatic carbocycles. The number of hydrogen-bond donors (Lipinski definition) is 0. The van der Waals surface area contributed by atoms with E-state index >= 15 is 0 Å². The number of nitrogens with zero attached hydrogens (tertiary/aromatic N) is 2. The number of hydrogen-bond acceptors (Lipinski definition) is 3. The molecular weight excluding hydrogens is 300 g/mol. The van der Waals surface area contributed by atoms with Crippen molar-refractivity contribution in [3.63, 3.8) is 0 Å². The molecule has 1 unspecified atom stereocenters. The van der Waals surface area contributed by atoms with Crippen LogP contribution in [-0.4, -0.2) is 17.4 Å². The summed E-state index contributed by atoms with van der Waals surface area (Å²) < 4.78 is 0.406. The summed E-state index contributed by atoms with van der Waals surface area (Å²) in [6, 6.07) is 4.69. The maximum atomic E-state index is 11.8. The van der Waals surface area contributed by atoms with Crippen LogP contribution < -0.4 is 4.90 Å². The van der Waals surface area contributed by atoms with Crippen LogP contribution in [-0.2, 0) is 4.79 Å². The standard InChI is InChI=1S/C12H11BrN2O3/c1-2-8-5-12(16)14(7-8)9-3-4-10(13)11(6-9)15(17)18/h2-4,6,8H,1,5,7H2. The van der Waals surface area contributed by atoms with Crippen LogP contribution in [0.4, 0.5) is 11.4 Å². The smallest absolute Gasteiger partial charge is 0.285 e. The fourth-order valence-corrected chi connectivity index (χ4v) is 2.34. The molecule has 1 atom stereocenters. The number of carbonyl (C=O) groups excluding carboxylic acids is 1. The predicted octanol–water partition coefficient (Wildman–Crippen LogP) is 2.90. The molecule has 94 valence electrons. The Morgan fingerprint density at radius 3 is 2.83 bits per heavy atom. The van der Waals surface area contributed by atoms with Crippen molar-refractivity contribution in [2.24, 2.45) is 5.92 Å². The Bertz CT molecular complexity index is 530. The highest BCUT2D eigenvalue weighted by Gasteiger charge is 2.29. The molecular formula is C12H11BrN2O3. The Balaban J connectivity index is 2.35. The third-order valence-corrected chi connectivity index (χ3v) is 3.60. The molecule has 0 N–H and O–H groups in total. The van der Waals surface area contributed by atoms with Crippen molar-refractivity contribution in [1.29, 1.82) is 0 Å². The Hall–Kier alpha value is -1.69. The average molecular weight is 311 g/mol. The first kappa shape index (κ1) is 12.8. The number of anilines is 1. The van der Waals surface area contributed by atoms with Gasteiger partial charge in [-0.25, -0.2) is 0 Å². The van der Waals surface area contributed by atoms with E-state index in [0.717, 1.165) is 0 Å². The number of amides is 1. The molecule has 1 fully saturated rings. The first-order valence-electron chi connectivity index (χ1n) is 5.39. The third-order valence-electron chi connectivity index (χ3n) is 2.93. The molecule has 6 heteroatoms. The van der Waals surface area contributed by atoms with Crippen LogP contribution in [0.15, 0.2) is 35.3 Å². The van der Waals surface area contributed by atoms with Gasteiger partial charge in [-0.2, -0.15) is 0 Å². The first-order valence-corrected chi connectivity index (χ1v) is 6.19. The number of halogens is 1. The van der Waals surface area contributed by atoms with E-state index in [1.165, 1.54) is 6.07 Å². The van der Waals surface area contributed by atoms with E-state index in [0.29, 0.717) is 23.1 Å². The summed E-state index contributed by atoms with van der Waals surface area (Å²) in [6.45, 7) is 4.20. The van der Waals surface area contributed by atoms with Crippen molar-refractivity contribution in [2.75, 3.05) is 11.4 Å². The number of benzene rings is 1. The van der Waals surface area contributed by atoms with E-state index in [1.807, 2.05) is 0 Å². The zero-order valence-electron chi connectivity index (χ0n) is 9.51. The highest BCUT2D eigenvalue weighted by Crippen LogP contribution is 2.32. The molecule has 5 nitrogen and oxygen atoms in total. The van der Waals surface area contributed by atoms with Crippen molar-refractivity contribution in [3.05, 3.63) is 45.4 Å². The molecule has 1 aromatic rings. The largest absolute Gasteiger partial charge is 0.312 e. The van der Waals surface area contributed by atoms with Gasteiger partial charge in [0.05, 0.1) is 15.1 Å². The summed E-state index contributed by atoms with van der Waals surface area (Å²) >= 11 is 3.12. The predicted molar refractivity (Wildman–Crippen MR) is 71.5 cm³/mol. The van der Waals surface area contributed by atoms with Crippen molar-refractivity contribution in [2.45, 2.75) is 6.42 Å². The molecule has 18 heavy (non-hydrogen) atoms. The van der Waals surface area contributed by atoms with E-state index in [2.05, 4.69) is 22.5 Å². The van der Waals surface area contributed by atoms with E-state index in [-0.39, 0.29) is 17.5 Å². The van der Waals surface area contributed by atoms with Crippen LogP contribution in [0.3, 0.4) is 0 Å². The van der Waals surface area contributed by atoms with Gasteiger partial charge >= 0.3 is 0 Å². The Morgan fingerprint density at radius 2 is 2.28 bits per heavy atom. The van der Waals surface area contributed by atoms with Crippen molar-refractivity contribution in [1.82, 2.24) is 0 Å². The minimum atomic E-state index is -0.473. The van der Waals surface area contributed by atoms with Gasteiger partial charge in [-0.1, -0.05) is 6.08 Å². The van der Waals surface area contributed by atoms with Gasteiger partial charge in [-0.3, -0.25) is 14.9 Å². The maximum absolute atomic E-state index is 11.8. The van der Waals surface area contributed by atoms with Gasteiger partial charge in [0.25, 0.3) is 5.69 Å². The molecule has 0 bridgehead atoms. The second-order valence-electron chi connectivity index (χ2n) is 4.10. The molecule has 1 saturated heterocycles. The summed E-state index contributed by atoms with van der Waals surface area (Å²) in [7, 11) is 0. The molecule has 0 aromatic heterocycles. The van der Waals surface area contributed by atoms with E-state index < -0.39 is 4.92 Å². The van der Waals surface area contributed by atoms with E-state index in [4.69, 9.17) is 0 Å². The lowest BCUT2D eigenvalue weighted by atomic mass is 10.1. The summed E-state index contributed by atoms with van der Waals surface area (Å²) in [4.78, 5) is 23.7. The Labute approximate surface area is 112 Å². The van der Waals surface area contributed by atoms with Crippen LogP contribution in [0.5, 0.6) is 0 Å². The molecule has 0 spiro atoms. The highest BCUT2D eigenvalue weighted by molar-refractivity contribution is 9.10. The minimum Gasteiger partial charge on any atom is -0.312 e. The van der Waals surface area contributed by atoms with Gasteiger partial charge in [-0.15, -0.1) is 6.58 Å². The minimum absolute atomic E-state index is 0.0310. The Kier molecular flexibility index (Phi) is 3.47. The quantitative estimate of drug-likeness (QED) is 0.490. The van der Waals surface area contributed by atoms with Crippen molar-refractivity contribution < 1.29 is 9.72 Å². The van der Waals surface area contributed by atoms with E-state index in [1.54, 1.807) is 23.1 Å². The average Bonchev–Trinajstić information content (AvgIpc) is 2.71. The zero-order chi connectivity index (χ0) is 13.3. The summed E-state index contributed by atoms with van der Waals surface area (Å²) in [5.74, 6) is 0.0803. The van der Waals surface area contributed by atoms with Crippen LogP contribution >= 0.6 is 15.9 Å². The lowest BCUT2D eigenvalue weighted by Gasteiger charge is -2.16. The molecule has 1 amide bonds. The molecule has 0 radical (unpaired) electrons. The molecule has 1 aromatic carbocycles. The highest BCUT2D eigenvalue weighted by atomic mass is 79.9. The molecule has 1 aliphatic heterocycles.